The summed E-state index contributed by atoms with van der Waals surface area (Å²) >= 11 is 1.25. The van der Waals surface area contributed by atoms with E-state index in [1.54, 1.807) is 10.6 Å². The van der Waals surface area contributed by atoms with Crippen LogP contribution in [0, 0.1) is 10.1 Å². The average molecular weight is 533 g/mol. The Kier molecular flexibility index (Phi) is 8.29. The average Bonchev–Trinajstić information content (AvgIpc) is 3.02. The van der Waals surface area contributed by atoms with Crippen LogP contribution in [0.1, 0.15) is 43.0 Å². The molecule has 36 heavy (non-hydrogen) atoms. The van der Waals surface area contributed by atoms with Crippen molar-refractivity contribution >= 4 is 43.2 Å². The van der Waals surface area contributed by atoms with Gasteiger partial charge in [-0.1, -0.05) is 24.2 Å². The summed E-state index contributed by atoms with van der Waals surface area (Å²) in [7, 11) is -3.61. The normalized spacial score (nSPS) is 15.8. The van der Waals surface area contributed by atoms with Crippen LogP contribution in [0.5, 0.6) is 0 Å². The lowest BCUT2D eigenvalue weighted by Gasteiger charge is -2.19. The number of thiazole rings is 1. The number of ether oxygens (including phenoxy) is 1. The van der Waals surface area contributed by atoms with Crippen LogP contribution in [0.4, 0.5) is 5.69 Å². The van der Waals surface area contributed by atoms with Gasteiger partial charge in [0.25, 0.3) is 11.6 Å². The van der Waals surface area contributed by atoms with Gasteiger partial charge in [-0.25, -0.2) is 8.42 Å². The van der Waals surface area contributed by atoms with Crippen molar-refractivity contribution in [2.24, 2.45) is 4.99 Å². The third-order valence-electron chi connectivity index (χ3n) is 6.04. The highest BCUT2D eigenvalue weighted by Crippen LogP contribution is 2.24. The number of amides is 1. The monoisotopic (exact) mass is 532 g/mol. The molecule has 0 saturated carbocycles. The second kappa shape index (κ2) is 11.4. The fourth-order valence-electron chi connectivity index (χ4n) is 4.12. The van der Waals surface area contributed by atoms with Crippen LogP contribution in [-0.2, 0) is 21.3 Å². The summed E-state index contributed by atoms with van der Waals surface area (Å²) in [5.41, 5.74) is 0.800. The SMILES string of the molecule is CCOCCn1c(=NC(=O)c2ccc(S(=O)(=O)N3CCCCCC3)cc2)sc2ccc([N+](=O)[O-])cc21. The van der Waals surface area contributed by atoms with Gasteiger partial charge >= 0.3 is 0 Å². The third kappa shape index (κ3) is 5.72. The van der Waals surface area contributed by atoms with E-state index in [4.69, 9.17) is 4.74 Å². The third-order valence-corrected chi connectivity index (χ3v) is 9.01. The standard InChI is InChI=1S/C24H28N4O6S2/c1-2-34-16-15-27-21-17-19(28(30)31)9-12-22(21)35-24(27)25-23(29)18-7-10-20(11-8-18)36(32,33)26-13-5-3-4-6-14-26/h7-12,17H,2-6,13-16H2,1H3. The zero-order valence-corrected chi connectivity index (χ0v) is 21.6. The number of nitro benzene ring substituents is 1. The Balaban J connectivity index is 1.65. The lowest BCUT2D eigenvalue weighted by atomic mass is 10.2. The summed E-state index contributed by atoms with van der Waals surface area (Å²) in [6, 6.07) is 10.4. The maximum absolute atomic E-state index is 13.0. The van der Waals surface area contributed by atoms with Gasteiger partial charge in [-0.15, -0.1) is 0 Å². The molecule has 1 aromatic heterocycles. The van der Waals surface area contributed by atoms with Crippen LogP contribution in [0.15, 0.2) is 52.4 Å². The largest absolute Gasteiger partial charge is 0.380 e. The van der Waals surface area contributed by atoms with Gasteiger partial charge in [-0.2, -0.15) is 9.30 Å². The molecule has 2 heterocycles. The first-order valence-corrected chi connectivity index (χ1v) is 14.1. The summed E-state index contributed by atoms with van der Waals surface area (Å²) in [6.45, 7) is 4.12. The molecule has 1 aliphatic rings. The molecule has 2 aromatic carbocycles. The first-order chi connectivity index (χ1) is 17.3. The lowest BCUT2D eigenvalue weighted by molar-refractivity contribution is -0.384. The van der Waals surface area contributed by atoms with E-state index in [1.165, 1.54) is 52.0 Å². The van der Waals surface area contributed by atoms with Crippen LogP contribution >= 0.6 is 11.3 Å². The van der Waals surface area contributed by atoms with Crippen LogP contribution < -0.4 is 4.80 Å². The first-order valence-electron chi connectivity index (χ1n) is 11.9. The van der Waals surface area contributed by atoms with Gasteiger partial charge in [0.2, 0.25) is 10.0 Å². The van der Waals surface area contributed by atoms with E-state index in [0.717, 1.165) is 30.4 Å². The number of hydrogen-bond acceptors (Lipinski definition) is 7. The number of benzene rings is 2. The molecular formula is C24H28N4O6S2. The van der Waals surface area contributed by atoms with Crippen LogP contribution in [0.25, 0.3) is 10.2 Å². The molecule has 1 amide bonds. The summed E-state index contributed by atoms with van der Waals surface area (Å²) < 4.78 is 35.5. The fourth-order valence-corrected chi connectivity index (χ4v) is 6.68. The van der Waals surface area contributed by atoms with Crippen LogP contribution in [0.3, 0.4) is 0 Å². The molecule has 0 atom stereocenters. The van der Waals surface area contributed by atoms with Crippen molar-refractivity contribution < 1.29 is 22.9 Å². The number of sulfonamides is 1. The van der Waals surface area contributed by atoms with E-state index in [-0.39, 0.29) is 16.1 Å². The maximum Gasteiger partial charge on any atom is 0.279 e. The van der Waals surface area contributed by atoms with Crippen molar-refractivity contribution in [3.8, 4) is 0 Å². The van der Waals surface area contributed by atoms with Crippen molar-refractivity contribution in [3.63, 3.8) is 0 Å². The highest BCUT2D eigenvalue weighted by molar-refractivity contribution is 7.89. The Morgan fingerprint density at radius 3 is 2.44 bits per heavy atom. The molecular weight excluding hydrogens is 504 g/mol. The van der Waals surface area contributed by atoms with E-state index in [2.05, 4.69) is 4.99 Å². The number of carbonyl (C=O) groups excluding carboxylic acids is 1. The Labute approximate surface area is 213 Å². The topological polar surface area (TPSA) is 124 Å². The number of hydrogen-bond donors (Lipinski definition) is 0. The maximum atomic E-state index is 13.0. The minimum atomic E-state index is -3.61. The summed E-state index contributed by atoms with van der Waals surface area (Å²) in [6.07, 6.45) is 3.74. The number of nitro groups is 1. The Morgan fingerprint density at radius 2 is 1.81 bits per heavy atom. The van der Waals surface area contributed by atoms with Crippen molar-refractivity contribution in [2.45, 2.75) is 44.0 Å². The molecule has 1 saturated heterocycles. The number of aromatic nitrogens is 1. The molecule has 0 aliphatic carbocycles. The van der Waals surface area contributed by atoms with E-state index in [1.807, 2.05) is 6.92 Å². The highest BCUT2D eigenvalue weighted by atomic mass is 32.2. The van der Waals surface area contributed by atoms with E-state index in [9.17, 15) is 23.3 Å². The molecule has 0 bridgehead atoms. The number of rotatable bonds is 8. The predicted octanol–water partition coefficient (Wildman–Crippen LogP) is 3.95. The van der Waals surface area contributed by atoms with Gasteiger partial charge in [0, 0.05) is 43.9 Å². The van der Waals surface area contributed by atoms with Crippen LogP contribution in [-0.4, -0.2) is 54.4 Å². The fraction of sp³-hybridized carbons (Fsp3) is 0.417. The molecule has 0 radical (unpaired) electrons. The second-order valence-electron chi connectivity index (χ2n) is 8.40. The number of non-ortho nitro benzene ring substituents is 1. The summed E-state index contributed by atoms with van der Waals surface area (Å²) in [5.74, 6) is -0.528. The second-order valence-corrected chi connectivity index (χ2v) is 11.3. The molecule has 10 nitrogen and oxygen atoms in total. The number of fused-ring (bicyclic) bond motifs is 1. The highest BCUT2D eigenvalue weighted by Gasteiger charge is 2.25. The predicted molar refractivity (Wildman–Crippen MR) is 137 cm³/mol. The molecule has 192 valence electrons. The Morgan fingerprint density at radius 1 is 1.11 bits per heavy atom. The zero-order valence-electron chi connectivity index (χ0n) is 20.0. The minimum Gasteiger partial charge on any atom is -0.380 e. The molecule has 3 aromatic rings. The molecule has 0 unspecified atom stereocenters. The molecule has 4 rings (SSSR count). The molecule has 12 heteroatoms. The van der Waals surface area contributed by atoms with Crippen molar-refractivity contribution in [3.05, 3.63) is 62.9 Å². The van der Waals surface area contributed by atoms with Gasteiger partial charge in [-0.3, -0.25) is 14.9 Å². The molecule has 0 spiro atoms. The van der Waals surface area contributed by atoms with Gasteiger partial charge in [0.15, 0.2) is 4.80 Å². The molecule has 1 aliphatic heterocycles. The van der Waals surface area contributed by atoms with Crippen molar-refractivity contribution in [2.75, 3.05) is 26.3 Å². The number of nitrogens with zero attached hydrogens (tertiary/aromatic N) is 4. The Bertz CT molecular complexity index is 1420. The number of carbonyl (C=O) groups is 1. The molecule has 0 N–H and O–H groups in total. The summed E-state index contributed by atoms with van der Waals surface area (Å²) in [4.78, 5) is 28.6. The molecule has 1 fully saturated rings. The smallest absolute Gasteiger partial charge is 0.279 e. The lowest BCUT2D eigenvalue weighted by Crippen LogP contribution is -2.31. The summed E-state index contributed by atoms with van der Waals surface area (Å²) in [5, 5.41) is 11.3. The van der Waals surface area contributed by atoms with Crippen molar-refractivity contribution in [1.82, 2.24) is 8.87 Å². The first kappa shape index (κ1) is 26.1. The van der Waals surface area contributed by atoms with Gasteiger partial charge in [-0.05, 0) is 50.1 Å². The van der Waals surface area contributed by atoms with Gasteiger partial charge in [0.05, 0.1) is 26.6 Å². The van der Waals surface area contributed by atoms with E-state index in [0.29, 0.717) is 43.2 Å². The van der Waals surface area contributed by atoms with Gasteiger partial charge in [0.1, 0.15) is 0 Å². The minimum absolute atomic E-state index is 0.0513. The van der Waals surface area contributed by atoms with Gasteiger partial charge < -0.3 is 9.30 Å². The van der Waals surface area contributed by atoms with E-state index < -0.39 is 20.9 Å². The quantitative estimate of drug-likeness (QED) is 0.246. The van der Waals surface area contributed by atoms with Crippen LogP contribution in [0.2, 0.25) is 0 Å². The zero-order chi connectivity index (χ0) is 25.7. The van der Waals surface area contributed by atoms with E-state index >= 15 is 0 Å². The Hall–Kier alpha value is -2.93. The van der Waals surface area contributed by atoms with Crippen molar-refractivity contribution in [1.29, 1.82) is 0 Å².